The zero-order valence-electron chi connectivity index (χ0n) is 15.8. The van der Waals surface area contributed by atoms with Gasteiger partial charge < -0.3 is 24.2 Å². The SMILES string of the molecule is COC(=O)C[C@]1(O)C(=O)C=C(c2ccc(OC)cc2)N1c1ccc(OC)cc1. The van der Waals surface area contributed by atoms with Crippen LogP contribution in [0.5, 0.6) is 11.5 Å². The molecule has 2 aromatic rings. The molecule has 2 aromatic carbocycles. The third-order valence-electron chi connectivity index (χ3n) is 4.61. The maximum absolute atomic E-state index is 12.7. The normalized spacial score (nSPS) is 18.6. The lowest BCUT2D eigenvalue weighted by atomic mass is 10.0. The van der Waals surface area contributed by atoms with Crippen LogP contribution in [0.15, 0.2) is 54.6 Å². The predicted octanol–water partition coefficient (Wildman–Crippen LogP) is 2.39. The maximum Gasteiger partial charge on any atom is 0.310 e. The van der Waals surface area contributed by atoms with E-state index in [1.165, 1.54) is 18.1 Å². The van der Waals surface area contributed by atoms with E-state index in [0.29, 0.717) is 28.4 Å². The number of anilines is 1. The van der Waals surface area contributed by atoms with Gasteiger partial charge in [-0.25, -0.2) is 0 Å². The van der Waals surface area contributed by atoms with Crippen molar-refractivity contribution in [2.24, 2.45) is 0 Å². The van der Waals surface area contributed by atoms with Gasteiger partial charge in [0.15, 0.2) is 0 Å². The van der Waals surface area contributed by atoms with Gasteiger partial charge >= 0.3 is 5.97 Å². The molecule has 1 N–H and O–H groups in total. The number of benzene rings is 2. The molecule has 0 bridgehead atoms. The first kappa shape index (κ1) is 19.4. The molecule has 3 rings (SSSR count). The number of esters is 1. The van der Waals surface area contributed by atoms with E-state index in [1.807, 2.05) is 0 Å². The Bertz CT molecular complexity index is 903. The van der Waals surface area contributed by atoms with E-state index < -0.39 is 23.9 Å². The summed E-state index contributed by atoms with van der Waals surface area (Å²) in [6, 6.07) is 13.9. The quantitative estimate of drug-likeness (QED) is 0.767. The summed E-state index contributed by atoms with van der Waals surface area (Å²) in [5.74, 6) is -0.00599. The van der Waals surface area contributed by atoms with Crippen molar-refractivity contribution in [2.75, 3.05) is 26.2 Å². The molecular formula is C21H21NO6. The summed E-state index contributed by atoms with van der Waals surface area (Å²) in [5, 5.41) is 11.2. The first-order valence-corrected chi connectivity index (χ1v) is 8.57. The van der Waals surface area contributed by atoms with Crippen LogP contribution in [-0.4, -0.2) is 43.9 Å². The van der Waals surface area contributed by atoms with Crippen LogP contribution in [0.4, 0.5) is 5.69 Å². The van der Waals surface area contributed by atoms with E-state index in [4.69, 9.17) is 9.47 Å². The Labute approximate surface area is 162 Å². The Morgan fingerprint density at radius 1 is 0.964 bits per heavy atom. The smallest absolute Gasteiger partial charge is 0.310 e. The summed E-state index contributed by atoms with van der Waals surface area (Å²) < 4.78 is 15.0. The molecule has 1 atom stereocenters. The second-order valence-corrected chi connectivity index (χ2v) is 6.23. The van der Waals surface area contributed by atoms with Gasteiger partial charge in [-0.2, -0.15) is 0 Å². The van der Waals surface area contributed by atoms with E-state index in [9.17, 15) is 14.7 Å². The Hall–Kier alpha value is -3.32. The molecule has 7 nitrogen and oxygen atoms in total. The number of aliphatic hydroxyl groups is 1. The highest BCUT2D eigenvalue weighted by atomic mass is 16.5. The van der Waals surface area contributed by atoms with Crippen LogP contribution in [0.25, 0.3) is 5.70 Å². The monoisotopic (exact) mass is 383 g/mol. The molecule has 0 amide bonds. The third kappa shape index (κ3) is 3.44. The van der Waals surface area contributed by atoms with Gasteiger partial charge in [0.1, 0.15) is 17.9 Å². The summed E-state index contributed by atoms with van der Waals surface area (Å²) in [7, 11) is 4.32. The summed E-state index contributed by atoms with van der Waals surface area (Å²) in [5.41, 5.74) is -0.410. The molecule has 0 spiro atoms. The van der Waals surface area contributed by atoms with Crippen molar-refractivity contribution in [1.82, 2.24) is 0 Å². The number of carbonyl (C=O) groups excluding carboxylic acids is 2. The molecule has 0 unspecified atom stereocenters. The topological polar surface area (TPSA) is 85.3 Å². The molecule has 0 saturated carbocycles. The Kier molecular flexibility index (Phi) is 5.37. The zero-order chi connectivity index (χ0) is 20.3. The van der Waals surface area contributed by atoms with Crippen molar-refractivity contribution < 1.29 is 28.9 Å². The van der Waals surface area contributed by atoms with Crippen LogP contribution in [0.3, 0.4) is 0 Å². The van der Waals surface area contributed by atoms with Gasteiger partial charge in [0, 0.05) is 11.8 Å². The van der Waals surface area contributed by atoms with Gasteiger partial charge in [-0.05, 0) is 54.1 Å². The van der Waals surface area contributed by atoms with Crippen LogP contribution in [0.2, 0.25) is 0 Å². The molecule has 1 aliphatic heterocycles. The highest BCUT2D eigenvalue weighted by Crippen LogP contribution is 2.41. The lowest BCUT2D eigenvalue weighted by Gasteiger charge is -2.35. The minimum atomic E-state index is -2.09. The van der Waals surface area contributed by atoms with Crippen LogP contribution < -0.4 is 14.4 Å². The van der Waals surface area contributed by atoms with Gasteiger partial charge in [0.25, 0.3) is 0 Å². The van der Waals surface area contributed by atoms with E-state index >= 15 is 0 Å². The number of methoxy groups -OCH3 is 3. The van der Waals surface area contributed by atoms with Gasteiger partial charge in [-0.15, -0.1) is 0 Å². The highest BCUT2D eigenvalue weighted by molar-refractivity contribution is 6.14. The van der Waals surface area contributed by atoms with Gasteiger partial charge in [0.2, 0.25) is 11.5 Å². The van der Waals surface area contributed by atoms with Crippen LogP contribution in [0.1, 0.15) is 12.0 Å². The molecule has 0 radical (unpaired) electrons. The highest BCUT2D eigenvalue weighted by Gasteiger charge is 2.50. The fraction of sp³-hybridized carbons (Fsp3) is 0.238. The molecular weight excluding hydrogens is 362 g/mol. The molecule has 1 heterocycles. The van der Waals surface area contributed by atoms with Crippen molar-refractivity contribution in [1.29, 1.82) is 0 Å². The Balaban J connectivity index is 2.09. The second-order valence-electron chi connectivity index (χ2n) is 6.23. The predicted molar refractivity (Wildman–Crippen MR) is 103 cm³/mol. The number of ketones is 1. The molecule has 146 valence electrons. The molecule has 0 fully saturated rings. The average Bonchev–Trinajstić information content (AvgIpc) is 2.98. The lowest BCUT2D eigenvalue weighted by molar-refractivity contribution is -0.150. The molecule has 0 aromatic heterocycles. The Morgan fingerprint density at radius 2 is 1.50 bits per heavy atom. The molecule has 0 aliphatic carbocycles. The molecule has 0 saturated heterocycles. The average molecular weight is 383 g/mol. The lowest BCUT2D eigenvalue weighted by Crippen LogP contribution is -2.51. The number of rotatable bonds is 6. The number of hydrogen-bond donors (Lipinski definition) is 1. The summed E-state index contributed by atoms with van der Waals surface area (Å²) in [4.78, 5) is 26.1. The third-order valence-corrected chi connectivity index (χ3v) is 4.61. The molecule has 1 aliphatic rings. The number of nitrogens with zero attached hydrogens (tertiary/aromatic N) is 1. The number of ether oxygens (including phenoxy) is 3. The zero-order valence-corrected chi connectivity index (χ0v) is 15.8. The maximum atomic E-state index is 12.7. The van der Waals surface area contributed by atoms with E-state index in [-0.39, 0.29) is 0 Å². The van der Waals surface area contributed by atoms with Crippen molar-refractivity contribution in [3.05, 3.63) is 60.2 Å². The first-order chi connectivity index (χ1) is 13.4. The number of carbonyl (C=O) groups is 2. The van der Waals surface area contributed by atoms with Crippen molar-refractivity contribution in [2.45, 2.75) is 12.1 Å². The van der Waals surface area contributed by atoms with E-state index in [1.54, 1.807) is 62.8 Å². The van der Waals surface area contributed by atoms with Crippen molar-refractivity contribution >= 4 is 23.1 Å². The number of hydrogen-bond acceptors (Lipinski definition) is 7. The van der Waals surface area contributed by atoms with Crippen LogP contribution in [-0.2, 0) is 14.3 Å². The van der Waals surface area contributed by atoms with E-state index in [2.05, 4.69) is 4.74 Å². The largest absolute Gasteiger partial charge is 0.497 e. The van der Waals surface area contributed by atoms with Gasteiger partial charge in [-0.1, -0.05) is 0 Å². The molecule has 28 heavy (non-hydrogen) atoms. The van der Waals surface area contributed by atoms with Crippen LogP contribution in [0, 0.1) is 0 Å². The van der Waals surface area contributed by atoms with Crippen LogP contribution >= 0.6 is 0 Å². The second kappa shape index (κ2) is 7.74. The fourth-order valence-electron chi connectivity index (χ4n) is 3.11. The van der Waals surface area contributed by atoms with Crippen molar-refractivity contribution in [3.8, 4) is 11.5 Å². The standard InChI is InChI=1S/C21H21NO6/c1-26-16-8-4-14(5-9-16)18-12-19(23)21(25,13-20(24)28-3)22(18)15-6-10-17(27-2)11-7-15/h4-12,25H,13H2,1-3H3/t21-/m0/s1. The Morgan fingerprint density at radius 3 is 2.00 bits per heavy atom. The van der Waals surface area contributed by atoms with Crippen molar-refractivity contribution in [3.63, 3.8) is 0 Å². The minimum Gasteiger partial charge on any atom is -0.497 e. The minimum absolute atomic E-state index is 0.462. The van der Waals surface area contributed by atoms with E-state index in [0.717, 1.165) is 0 Å². The van der Waals surface area contributed by atoms with Gasteiger partial charge in [-0.3, -0.25) is 9.59 Å². The fourth-order valence-corrected chi connectivity index (χ4v) is 3.11. The molecule has 7 heteroatoms. The first-order valence-electron chi connectivity index (χ1n) is 8.57. The summed E-state index contributed by atoms with van der Waals surface area (Å²) in [6.07, 6.45) is 0.819. The summed E-state index contributed by atoms with van der Waals surface area (Å²) >= 11 is 0. The van der Waals surface area contributed by atoms with Gasteiger partial charge in [0.05, 0.1) is 27.0 Å². The summed E-state index contributed by atoms with van der Waals surface area (Å²) in [6.45, 7) is 0.